The zero-order valence-electron chi connectivity index (χ0n) is 19.3. The van der Waals surface area contributed by atoms with Crippen molar-refractivity contribution in [1.82, 2.24) is 8.80 Å². The lowest BCUT2D eigenvalue weighted by atomic mass is 10.0. The highest BCUT2D eigenvalue weighted by Crippen LogP contribution is 2.44. The van der Waals surface area contributed by atoms with Crippen LogP contribution in [0.1, 0.15) is 0 Å². The minimum absolute atomic E-state index is 1.28. The Labute approximate surface area is 204 Å². The standard InChI is InChI=1S/C34H18N2/c1-2-8-20-16-30-26(15-19(20)7-1)23-11-6-13-25-28-17-31-27(18-32(28)36(30)34(23)25)24-12-5-10-22-21-9-3-4-14-29(21)35(31)33(22)24/h1-18H. The molecular formula is C34H18N2. The molecule has 0 aliphatic carbocycles. The summed E-state index contributed by atoms with van der Waals surface area (Å²) in [4.78, 5) is 0. The lowest BCUT2D eigenvalue weighted by molar-refractivity contribution is 1.36. The summed E-state index contributed by atoms with van der Waals surface area (Å²) < 4.78 is 4.99. The minimum Gasteiger partial charge on any atom is -0.308 e. The number of hydrogen-bond donors (Lipinski definition) is 0. The number of benzene rings is 6. The number of hydrogen-bond acceptors (Lipinski definition) is 0. The molecule has 0 amide bonds. The van der Waals surface area contributed by atoms with E-state index in [9.17, 15) is 0 Å². The van der Waals surface area contributed by atoms with Crippen LogP contribution in [0.4, 0.5) is 0 Å². The molecule has 0 aliphatic heterocycles. The second kappa shape index (κ2) is 5.69. The third-order valence-electron chi connectivity index (χ3n) is 8.53. The summed E-state index contributed by atoms with van der Waals surface area (Å²) in [6.45, 7) is 0. The van der Waals surface area contributed by atoms with E-state index in [-0.39, 0.29) is 0 Å². The van der Waals surface area contributed by atoms with Crippen molar-refractivity contribution >= 4 is 87.0 Å². The van der Waals surface area contributed by atoms with Crippen molar-refractivity contribution in [1.29, 1.82) is 0 Å². The van der Waals surface area contributed by atoms with Gasteiger partial charge in [0, 0.05) is 43.1 Å². The monoisotopic (exact) mass is 454 g/mol. The molecule has 0 atom stereocenters. The van der Waals surface area contributed by atoms with Crippen LogP contribution in [0.15, 0.2) is 109 Å². The lowest BCUT2D eigenvalue weighted by Crippen LogP contribution is -1.83. The van der Waals surface area contributed by atoms with Gasteiger partial charge in [0.2, 0.25) is 0 Å². The van der Waals surface area contributed by atoms with Crippen molar-refractivity contribution < 1.29 is 0 Å². The van der Waals surface area contributed by atoms with Crippen LogP contribution < -0.4 is 0 Å². The van der Waals surface area contributed by atoms with Gasteiger partial charge in [0.05, 0.1) is 33.1 Å². The fourth-order valence-corrected chi connectivity index (χ4v) is 7.08. The molecule has 0 bridgehead atoms. The summed E-state index contributed by atoms with van der Waals surface area (Å²) in [5.41, 5.74) is 7.81. The maximum absolute atomic E-state index is 2.51. The molecule has 0 N–H and O–H groups in total. The van der Waals surface area contributed by atoms with Gasteiger partial charge in [-0.25, -0.2) is 0 Å². The Morgan fingerprint density at radius 3 is 1.42 bits per heavy atom. The van der Waals surface area contributed by atoms with Crippen LogP contribution in [-0.4, -0.2) is 8.80 Å². The highest BCUT2D eigenvalue weighted by atomic mass is 14.9. The zero-order valence-corrected chi connectivity index (χ0v) is 19.3. The van der Waals surface area contributed by atoms with E-state index in [0.29, 0.717) is 0 Å². The largest absolute Gasteiger partial charge is 0.308 e. The molecule has 6 aromatic carbocycles. The Balaban J connectivity index is 1.50. The van der Waals surface area contributed by atoms with Gasteiger partial charge >= 0.3 is 0 Å². The van der Waals surface area contributed by atoms with E-state index in [4.69, 9.17) is 0 Å². The molecule has 4 heterocycles. The highest BCUT2D eigenvalue weighted by molar-refractivity contribution is 6.29. The SMILES string of the molecule is c1ccc2cc3c(cc2c1)c1cccc2c4cc5c(cc4n3c12)c1cccc2c3ccccc3n5c21. The van der Waals surface area contributed by atoms with Gasteiger partial charge in [0.1, 0.15) is 0 Å². The zero-order chi connectivity index (χ0) is 23.1. The molecule has 0 saturated heterocycles. The molecule has 0 saturated carbocycles. The van der Waals surface area contributed by atoms with Crippen LogP contribution in [0.5, 0.6) is 0 Å². The van der Waals surface area contributed by atoms with Crippen LogP contribution >= 0.6 is 0 Å². The molecule has 36 heavy (non-hydrogen) atoms. The number of nitrogens with zero attached hydrogens (tertiary/aromatic N) is 2. The number of fused-ring (bicyclic) bond motifs is 13. The summed E-state index contributed by atoms with van der Waals surface area (Å²) in [6.07, 6.45) is 0. The summed E-state index contributed by atoms with van der Waals surface area (Å²) in [5, 5.41) is 13.2. The van der Waals surface area contributed by atoms with Crippen molar-refractivity contribution in [3.63, 3.8) is 0 Å². The molecule has 2 nitrogen and oxygen atoms in total. The van der Waals surface area contributed by atoms with Gasteiger partial charge in [-0.2, -0.15) is 0 Å². The van der Waals surface area contributed by atoms with E-state index < -0.39 is 0 Å². The third kappa shape index (κ3) is 1.81. The van der Waals surface area contributed by atoms with Crippen LogP contribution in [0.2, 0.25) is 0 Å². The van der Waals surface area contributed by atoms with Crippen molar-refractivity contribution in [3.05, 3.63) is 109 Å². The predicted octanol–water partition coefficient (Wildman–Crippen LogP) is 9.14. The maximum Gasteiger partial charge on any atom is 0.0620 e. The van der Waals surface area contributed by atoms with Gasteiger partial charge in [-0.3, -0.25) is 0 Å². The van der Waals surface area contributed by atoms with E-state index in [1.54, 1.807) is 0 Å². The second-order valence-corrected chi connectivity index (χ2v) is 10.2. The fraction of sp³-hybridized carbons (Fsp3) is 0. The Hall–Kier alpha value is -4.82. The first-order chi connectivity index (χ1) is 17.9. The first kappa shape index (κ1) is 17.6. The molecular weight excluding hydrogens is 436 g/mol. The summed E-state index contributed by atoms with van der Waals surface area (Å²) >= 11 is 0. The minimum atomic E-state index is 1.28. The van der Waals surface area contributed by atoms with E-state index >= 15 is 0 Å². The Morgan fingerprint density at radius 1 is 0.306 bits per heavy atom. The van der Waals surface area contributed by atoms with Crippen LogP contribution in [0, 0.1) is 0 Å². The third-order valence-corrected chi connectivity index (χ3v) is 8.53. The molecule has 4 aromatic heterocycles. The molecule has 0 radical (unpaired) electrons. The van der Waals surface area contributed by atoms with E-state index in [1.165, 1.54) is 87.0 Å². The summed E-state index contributed by atoms with van der Waals surface area (Å²) in [5.74, 6) is 0. The number of rotatable bonds is 0. The molecule has 164 valence electrons. The summed E-state index contributed by atoms with van der Waals surface area (Å²) in [7, 11) is 0. The molecule has 10 aromatic rings. The lowest BCUT2D eigenvalue weighted by Gasteiger charge is -2.03. The highest BCUT2D eigenvalue weighted by Gasteiger charge is 2.22. The Kier molecular flexibility index (Phi) is 2.78. The van der Waals surface area contributed by atoms with Crippen molar-refractivity contribution in [2.24, 2.45) is 0 Å². The average molecular weight is 455 g/mol. The molecule has 0 aliphatic rings. The second-order valence-electron chi connectivity index (χ2n) is 10.2. The van der Waals surface area contributed by atoms with Gasteiger partial charge in [-0.1, -0.05) is 78.9 Å². The topological polar surface area (TPSA) is 8.82 Å². The van der Waals surface area contributed by atoms with Gasteiger partial charge in [0.15, 0.2) is 0 Å². The quantitative estimate of drug-likeness (QED) is 0.216. The van der Waals surface area contributed by atoms with Gasteiger partial charge in [0.25, 0.3) is 0 Å². The van der Waals surface area contributed by atoms with Gasteiger partial charge in [-0.15, -0.1) is 0 Å². The Bertz CT molecular complexity index is 2520. The number of aromatic nitrogens is 2. The molecule has 0 fully saturated rings. The average Bonchev–Trinajstić information content (AvgIpc) is 3.64. The summed E-state index contributed by atoms with van der Waals surface area (Å²) in [6, 6.07) is 40.7. The normalized spacial score (nSPS) is 13.0. The van der Waals surface area contributed by atoms with Gasteiger partial charge in [-0.05, 0) is 41.1 Å². The smallest absolute Gasteiger partial charge is 0.0620 e. The van der Waals surface area contributed by atoms with Crippen molar-refractivity contribution in [2.75, 3.05) is 0 Å². The van der Waals surface area contributed by atoms with Gasteiger partial charge < -0.3 is 8.80 Å². The maximum atomic E-state index is 2.51. The molecule has 10 rings (SSSR count). The van der Waals surface area contributed by atoms with E-state index in [2.05, 4.69) is 118 Å². The van der Waals surface area contributed by atoms with E-state index in [0.717, 1.165) is 0 Å². The fourth-order valence-electron chi connectivity index (χ4n) is 7.08. The molecule has 0 unspecified atom stereocenters. The Morgan fingerprint density at radius 2 is 0.750 bits per heavy atom. The van der Waals surface area contributed by atoms with Crippen LogP contribution in [0.3, 0.4) is 0 Å². The first-order valence-electron chi connectivity index (χ1n) is 12.5. The molecule has 2 heteroatoms. The first-order valence-corrected chi connectivity index (χ1v) is 12.5. The molecule has 0 spiro atoms. The van der Waals surface area contributed by atoms with Crippen LogP contribution in [-0.2, 0) is 0 Å². The number of para-hydroxylation sites is 3. The predicted molar refractivity (Wildman–Crippen MR) is 153 cm³/mol. The van der Waals surface area contributed by atoms with Crippen molar-refractivity contribution in [2.45, 2.75) is 0 Å². The van der Waals surface area contributed by atoms with Crippen molar-refractivity contribution in [3.8, 4) is 0 Å². The van der Waals surface area contributed by atoms with E-state index in [1.807, 2.05) is 0 Å². The van der Waals surface area contributed by atoms with Crippen LogP contribution in [0.25, 0.3) is 87.0 Å².